The Kier molecular flexibility index (Phi) is 6.54. The monoisotopic (exact) mass is 458 g/mol. The fraction of sp³-hybridized carbons (Fsp3) is 0.636. The van der Waals surface area contributed by atoms with Gasteiger partial charge >= 0.3 is 0 Å². The van der Waals surface area contributed by atoms with Crippen molar-refractivity contribution in [3.05, 3.63) is 22.1 Å². The van der Waals surface area contributed by atoms with E-state index in [4.69, 9.17) is 19.7 Å². The molecule has 31 heavy (non-hydrogen) atoms. The molecule has 2 fully saturated rings. The molecule has 3 aromatic rings. The summed E-state index contributed by atoms with van der Waals surface area (Å²) < 4.78 is 5.48. The van der Waals surface area contributed by atoms with Crippen LogP contribution in [0.4, 0.5) is 0 Å². The first-order valence-electron chi connectivity index (χ1n) is 11.3. The average molecular weight is 459 g/mol. The van der Waals surface area contributed by atoms with E-state index in [1.807, 2.05) is 0 Å². The van der Waals surface area contributed by atoms with Crippen molar-refractivity contribution < 1.29 is 4.74 Å². The van der Waals surface area contributed by atoms with Crippen LogP contribution < -0.4 is 0 Å². The molecule has 0 spiro atoms. The highest BCUT2D eigenvalue weighted by Crippen LogP contribution is 2.37. The molecule has 4 heterocycles. The smallest absolute Gasteiger partial charge is 0.214 e. The number of aryl methyl sites for hydroxylation is 3. The van der Waals surface area contributed by atoms with E-state index in [9.17, 15) is 0 Å². The molecule has 5 rings (SSSR count). The Balaban J connectivity index is 1.36. The Labute approximate surface area is 191 Å². The van der Waals surface area contributed by atoms with E-state index < -0.39 is 0 Å². The standard InChI is InChI=1S/C22H30N6OS2/c1-14-15(2)30-20-19(14)21(24-18(23-20)13-28-9-11-29-12-10-28)31-22-25-17(26-27-22)8-7-16-5-3-4-6-16/h16H,3-13H2,1-2H3,(H,25,26,27). The van der Waals surface area contributed by atoms with Crippen molar-refractivity contribution in [2.75, 3.05) is 26.3 Å². The molecule has 0 unspecified atom stereocenters. The van der Waals surface area contributed by atoms with Gasteiger partial charge < -0.3 is 4.74 Å². The summed E-state index contributed by atoms with van der Waals surface area (Å²) >= 11 is 3.31. The zero-order valence-corrected chi connectivity index (χ0v) is 19.9. The Morgan fingerprint density at radius 3 is 2.74 bits per heavy atom. The minimum Gasteiger partial charge on any atom is -0.379 e. The lowest BCUT2D eigenvalue weighted by molar-refractivity contribution is 0.0330. The Morgan fingerprint density at radius 2 is 1.94 bits per heavy atom. The van der Waals surface area contributed by atoms with Crippen LogP contribution >= 0.6 is 23.1 Å². The van der Waals surface area contributed by atoms with Crippen LogP contribution in [-0.4, -0.2) is 56.4 Å². The topological polar surface area (TPSA) is 79.8 Å². The summed E-state index contributed by atoms with van der Waals surface area (Å²) in [5.41, 5.74) is 1.26. The molecule has 0 bridgehead atoms. The molecule has 1 saturated carbocycles. The molecule has 1 aliphatic heterocycles. The van der Waals surface area contributed by atoms with Crippen LogP contribution in [-0.2, 0) is 17.7 Å². The number of H-pyrrole nitrogens is 1. The van der Waals surface area contributed by atoms with Crippen molar-refractivity contribution in [1.82, 2.24) is 30.0 Å². The van der Waals surface area contributed by atoms with Crippen LogP contribution in [0.1, 0.15) is 54.2 Å². The molecule has 1 N–H and O–H groups in total. The van der Waals surface area contributed by atoms with E-state index in [2.05, 4.69) is 28.9 Å². The lowest BCUT2D eigenvalue weighted by Gasteiger charge is -2.25. The molecule has 7 nitrogen and oxygen atoms in total. The van der Waals surface area contributed by atoms with Gasteiger partial charge in [-0.05, 0) is 43.5 Å². The highest BCUT2D eigenvalue weighted by molar-refractivity contribution is 7.99. The molecular formula is C22H30N6OS2. The first kappa shape index (κ1) is 21.3. The number of aromatic amines is 1. The van der Waals surface area contributed by atoms with Gasteiger partial charge in [0.15, 0.2) is 0 Å². The lowest BCUT2D eigenvalue weighted by atomic mass is 10.0. The number of fused-ring (bicyclic) bond motifs is 1. The molecule has 2 aliphatic rings. The average Bonchev–Trinajstić information content (AvgIpc) is 3.49. The molecule has 3 aromatic heterocycles. The van der Waals surface area contributed by atoms with Gasteiger partial charge in [0.25, 0.3) is 0 Å². The maximum absolute atomic E-state index is 5.48. The van der Waals surface area contributed by atoms with E-state index in [-0.39, 0.29) is 0 Å². The lowest BCUT2D eigenvalue weighted by Crippen LogP contribution is -2.36. The van der Waals surface area contributed by atoms with Gasteiger partial charge in [-0.2, -0.15) is 0 Å². The third kappa shape index (κ3) is 4.94. The van der Waals surface area contributed by atoms with Crippen LogP contribution in [0.25, 0.3) is 10.2 Å². The third-order valence-corrected chi connectivity index (χ3v) is 8.43. The highest BCUT2D eigenvalue weighted by atomic mass is 32.2. The first-order chi connectivity index (χ1) is 15.2. The van der Waals surface area contributed by atoms with Gasteiger partial charge in [-0.15, -0.1) is 16.4 Å². The van der Waals surface area contributed by atoms with Crippen LogP contribution in [0.5, 0.6) is 0 Å². The summed E-state index contributed by atoms with van der Waals surface area (Å²) in [6, 6.07) is 0. The second kappa shape index (κ2) is 9.52. The van der Waals surface area contributed by atoms with Crippen LogP contribution in [0.2, 0.25) is 0 Å². The van der Waals surface area contributed by atoms with Gasteiger partial charge in [0.2, 0.25) is 5.16 Å². The van der Waals surface area contributed by atoms with Crippen LogP contribution in [0.15, 0.2) is 10.2 Å². The molecule has 0 amide bonds. The van der Waals surface area contributed by atoms with Gasteiger partial charge in [-0.1, -0.05) is 25.7 Å². The zero-order chi connectivity index (χ0) is 21.2. The van der Waals surface area contributed by atoms with E-state index >= 15 is 0 Å². The molecule has 1 aliphatic carbocycles. The summed E-state index contributed by atoms with van der Waals surface area (Å²) in [5, 5.41) is 10.5. The van der Waals surface area contributed by atoms with Crippen molar-refractivity contribution in [3.63, 3.8) is 0 Å². The maximum Gasteiger partial charge on any atom is 0.214 e. The molecule has 9 heteroatoms. The van der Waals surface area contributed by atoms with Crippen LogP contribution in [0.3, 0.4) is 0 Å². The van der Waals surface area contributed by atoms with E-state index in [0.717, 1.165) is 77.2 Å². The van der Waals surface area contributed by atoms with E-state index in [0.29, 0.717) is 0 Å². The first-order valence-corrected chi connectivity index (χ1v) is 12.9. The number of aromatic nitrogens is 5. The number of thiophene rings is 1. The maximum atomic E-state index is 5.48. The zero-order valence-electron chi connectivity index (χ0n) is 18.3. The molecule has 0 radical (unpaired) electrons. The van der Waals surface area contributed by atoms with Crippen molar-refractivity contribution in [1.29, 1.82) is 0 Å². The van der Waals surface area contributed by atoms with E-state index in [1.165, 1.54) is 42.5 Å². The van der Waals surface area contributed by atoms with Crippen molar-refractivity contribution in [2.45, 2.75) is 69.1 Å². The Morgan fingerprint density at radius 1 is 1.13 bits per heavy atom. The number of nitrogens with zero attached hydrogens (tertiary/aromatic N) is 5. The van der Waals surface area contributed by atoms with Gasteiger partial charge in [0, 0.05) is 29.8 Å². The van der Waals surface area contributed by atoms with Crippen molar-refractivity contribution >= 4 is 33.3 Å². The van der Waals surface area contributed by atoms with Gasteiger partial charge in [-0.3, -0.25) is 10.00 Å². The third-order valence-electron chi connectivity index (χ3n) is 6.47. The second-order valence-electron chi connectivity index (χ2n) is 8.65. The molecule has 0 atom stereocenters. The number of hydrogen-bond acceptors (Lipinski definition) is 8. The number of rotatable bonds is 7. The fourth-order valence-electron chi connectivity index (χ4n) is 4.52. The summed E-state index contributed by atoms with van der Waals surface area (Å²) in [4.78, 5) is 19.3. The largest absolute Gasteiger partial charge is 0.379 e. The molecular weight excluding hydrogens is 428 g/mol. The van der Waals surface area contributed by atoms with Gasteiger partial charge in [0.05, 0.1) is 19.8 Å². The Bertz CT molecular complexity index is 1040. The number of morpholine rings is 1. The highest BCUT2D eigenvalue weighted by Gasteiger charge is 2.20. The van der Waals surface area contributed by atoms with Gasteiger partial charge in [-0.25, -0.2) is 15.0 Å². The SMILES string of the molecule is Cc1sc2nc(CN3CCOCC3)nc(Sc3n[nH]c(CCC4CCCC4)n3)c2c1C. The molecule has 0 aromatic carbocycles. The quantitative estimate of drug-likeness (QED) is 0.521. The number of ether oxygens (including phenoxy) is 1. The number of nitrogens with one attached hydrogen (secondary N) is 1. The molecule has 166 valence electrons. The minimum absolute atomic E-state index is 0.752. The second-order valence-corrected chi connectivity index (χ2v) is 10.8. The van der Waals surface area contributed by atoms with Gasteiger partial charge in [0.1, 0.15) is 21.5 Å². The fourth-order valence-corrected chi connectivity index (χ4v) is 6.56. The summed E-state index contributed by atoms with van der Waals surface area (Å²) in [5.74, 6) is 2.73. The predicted octanol–water partition coefficient (Wildman–Crippen LogP) is 4.53. The van der Waals surface area contributed by atoms with Crippen molar-refractivity contribution in [2.24, 2.45) is 5.92 Å². The summed E-state index contributed by atoms with van der Waals surface area (Å²) in [6.45, 7) is 8.49. The van der Waals surface area contributed by atoms with Crippen molar-refractivity contribution in [3.8, 4) is 0 Å². The summed E-state index contributed by atoms with van der Waals surface area (Å²) in [6.07, 6.45) is 7.71. The number of hydrogen-bond donors (Lipinski definition) is 1. The van der Waals surface area contributed by atoms with E-state index in [1.54, 1.807) is 23.1 Å². The normalized spacial score (nSPS) is 18.4. The minimum atomic E-state index is 0.752. The molecule has 1 saturated heterocycles. The Hall–Kier alpha value is -1.55. The van der Waals surface area contributed by atoms with Crippen LogP contribution in [0, 0.1) is 19.8 Å². The predicted molar refractivity (Wildman–Crippen MR) is 124 cm³/mol. The summed E-state index contributed by atoms with van der Waals surface area (Å²) in [7, 11) is 0.